The third-order valence-electron chi connectivity index (χ3n) is 7.32. The summed E-state index contributed by atoms with van der Waals surface area (Å²) in [5.74, 6) is -0.187. The number of hydrogen-bond acceptors (Lipinski definition) is 9. The lowest BCUT2D eigenvalue weighted by molar-refractivity contribution is -0.385. The van der Waals surface area contributed by atoms with Crippen molar-refractivity contribution in [3.63, 3.8) is 0 Å². The van der Waals surface area contributed by atoms with Crippen LogP contribution in [0, 0.1) is 21.4 Å². The van der Waals surface area contributed by atoms with Crippen molar-refractivity contribution in [1.82, 2.24) is 14.7 Å². The van der Waals surface area contributed by atoms with Gasteiger partial charge in [-0.15, -0.1) is 0 Å². The highest BCUT2D eigenvalue weighted by molar-refractivity contribution is 6.19. The van der Waals surface area contributed by atoms with E-state index in [2.05, 4.69) is 0 Å². The summed E-state index contributed by atoms with van der Waals surface area (Å²) in [6, 6.07) is 20.7. The van der Waals surface area contributed by atoms with Crippen LogP contribution in [-0.4, -0.2) is 45.3 Å². The van der Waals surface area contributed by atoms with Crippen molar-refractivity contribution >= 4 is 23.6 Å². The van der Waals surface area contributed by atoms with Gasteiger partial charge >= 0.3 is 5.69 Å². The molecule has 4 aromatic rings. The molecule has 0 saturated carbocycles. The monoisotopic (exact) mass is 589 g/mol. The summed E-state index contributed by atoms with van der Waals surface area (Å²) in [4.78, 5) is 39.4. The van der Waals surface area contributed by atoms with Crippen LogP contribution < -0.4 is 14.2 Å². The van der Waals surface area contributed by atoms with Gasteiger partial charge in [0.1, 0.15) is 17.3 Å². The first kappa shape index (κ1) is 27.9. The zero-order chi connectivity index (χ0) is 31.0. The summed E-state index contributed by atoms with van der Waals surface area (Å²) in [5, 5.41) is 26.4. The number of nitriles is 1. The second-order valence-corrected chi connectivity index (χ2v) is 9.91. The molecular weight excluding hydrogens is 566 g/mol. The molecule has 218 valence electrons. The minimum absolute atomic E-state index is 0.0735. The maximum absolute atomic E-state index is 13.9. The highest BCUT2D eigenvalue weighted by Gasteiger charge is 2.36. The van der Waals surface area contributed by atoms with Crippen LogP contribution in [0.2, 0.25) is 0 Å². The third-order valence-corrected chi connectivity index (χ3v) is 7.32. The zero-order valence-electron chi connectivity index (χ0n) is 23.5. The predicted octanol–water partition coefficient (Wildman–Crippen LogP) is 4.98. The van der Waals surface area contributed by atoms with Crippen molar-refractivity contribution in [3.05, 3.63) is 111 Å². The number of aromatic nitrogens is 2. The molecule has 3 heterocycles. The molecule has 0 N–H and O–H groups in total. The molecule has 1 aromatic heterocycles. The number of methoxy groups -OCH3 is 1. The Bertz CT molecular complexity index is 1950. The van der Waals surface area contributed by atoms with Crippen molar-refractivity contribution < 1.29 is 28.7 Å². The van der Waals surface area contributed by atoms with E-state index in [-0.39, 0.29) is 41.5 Å². The van der Waals surface area contributed by atoms with Crippen molar-refractivity contribution in [2.24, 2.45) is 0 Å². The van der Waals surface area contributed by atoms with Gasteiger partial charge in [0.15, 0.2) is 17.2 Å². The van der Waals surface area contributed by atoms with E-state index in [1.54, 1.807) is 41.2 Å². The van der Waals surface area contributed by atoms with Gasteiger partial charge in [0, 0.05) is 29.0 Å². The van der Waals surface area contributed by atoms with Gasteiger partial charge in [0.2, 0.25) is 6.79 Å². The van der Waals surface area contributed by atoms with Gasteiger partial charge in [0.25, 0.3) is 11.8 Å². The number of amides is 2. The molecule has 0 saturated heterocycles. The Morgan fingerprint density at radius 1 is 1.07 bits per heavy atom. The predicted molar refractivity (Wildman–Crippen MR) is 157 cm³/mol. The molecule has 0 aliphatic carbocycles. The maximum atomic E-state index is 13.9. The van der Waals surface area contributed by atoms with Crippen molar-refractivity contribution in [2.45, 2.75) is 13.5 Å². The first-order valence-electron chi connectivity index (χ1n) is 13.3. The molecule has 12 nitrogen and oxygen atoms in total. The summed E-state index contributed by atoms with van der Waals surface area (Å²) < 4.78 is 17.5. The number of nitro groups is 1. The van der Waals surface area contributed by atoms with E-state index in [4.69, 9.17) is 19.3 Å². The minimum atomic E-state index is -0.712. The first-order valence-corrected chi connectivity index (χ1v) is 13.3. The highest BCUT2D eigenvalue weighted by atomic mass is 16.7. The number of rotatable bonds is 7. The largest absolute Gasteiger partial charge is 0.490 e. The molecule has 2 amide bonds. The molecule has 6 rings (SSSR count). The van der Waals surface area contributed by atoms with Crippen LogP contribution in [0.15, 0.2) is 89.6 Å². The Morgan fingerprint density at radius 2 is 1.84 bits per heavy atom. The van der Waals surface area contributed by atoms with Crippen LogP contribution in [-0.2, 0) is 16.1 Å². The van der Waals surface area contributed by atoms with E-state index < -0.39 is 16.7 Å². The Hall–Kier alpha value is -6.22. The number of carbonyl (C=O) groups excluding carboxylic acids is 2. The average molecular weight is 590 g/mol. The van der Waals surface area contributed by atoms with E-state index >= 15 is 0 Å². The van der Waals surface area contributed by atoms with Gasteiger partial charge < -0.3 is 14.2 Å². The Morgan fingerprint density at radius 3 is 2.57 bits per heavy atom. The quantitative estimate of drug-likeness (QED) is 0.126. The minimum Gasteiger partial charge on any atom is -0.490 e. The van der Waals surface area contributed by atoms with Crippen LogP contribution in [0.1, 0.15) is 18.1 Å². The Balaban J connectivity index is 1.48. The molecule has 0 atom stereocenters. The fourth-order valence-electron chi connectivity index (χ4n) is 5.06. The lowest BCUT2D eigenvalue weighted by Crippen LogP contribution is -2.42. The van der Waals surface area contributed by atoms with E-state index in [1.165, 1.54) is 26.2 Å². The average Bonchev–Trinajstić information content (AvgIpc) is 3.69. The smallest absolute Gasteiger partial charge is 0.311 e. The Labute approximate surface area is 250 Å². The van der Waals surface area contributed by atoms with Gasteiger partial charge in [0.05, 0.1) is 24.3 Å². The normalized spacial score (nSPS) is 15.1. The standard InChI is InChI=1S/C32H23N5O7/c1-19-24(31(38)35(32(39)25(19)15-33)16-20-8-10-28-29(12-20)44-18-43-28)13-22-17-36(23-6-4-3-5-7-23)34-30(22)21-9-11-27(42-2)26(14-21)37(40)41/h3-14,17H,16,18H2,1-2H3/b24-13+. The maximum Gasteiger partial charge on any atom is 0.311 e. The molecule has 44 heavy (non-hydrogen) atoms. The van der Waals surface area contributed by atoms with Crippen molar-refractivity contribution in [2.75, 3.05) is 13.9 Å². The van der Waals surface area contributed by atoms with Crippen LogP contribution in [0.3, 0.4) is 0 Å². The summed E-state index contributed by atoms with van der Waals surface area (Å²) in [5.41, 5.74) is 2.39. The number of hydrogen-bond donors (Lipinski definition) is 0. The number of carbonyl (C=O) groups is 2. The van der Waals surface area contributed by atoms with Gasteiger partial charge in [-0.05, 0) is 60.5 Å². The molecule has 2 aliphatic heterocycles. The van der Waals surface area contributed by atoms with E-state index in [9.17, 15) is 25.0 Å². The lowest BCUT2D eigenvalue weighted by Gasteiger charge is -2.27. The van der Waals surface area contributed by atoms with Crippen LogP contribution >= 0.6 is 0 Å². The van der Waals surface area contributed by atoms with Gasteiger partial charge in [-0.3, -0.25) is 24.6 Å². The molecule has 0 radical (unpaired) electrons. The Kier molecular flexibility index (Phi) is 7.12. The lowest BCUT2D eigenvalue weighted by atomic mass is 9.93. The van der Waals surface area contributed by atoms with Crippen LogP contribution in [0.5, 0.6) is 17.2 Å². The number of fused-ring (bicyclic) bond motifs is 1. The summed E-state index contributed by atoms with van der Waals surface area (Å²) in [7, 11) is 1.34. The number of nitrogens with zero attached hydrogens (tertiary/aromatic N) is 5. The third kappa shape index (κ3) is 4.92. The first-order chi connectivity index (χ1) is 21.3. The number of para-hydroxylation sites is 1. The molecule has 0 spiro atoms. The fraction of sp³-hybridized carbons (Fsp3) is 0.125. The molecule has 0 fully saturated rings. The highest BCUT2D eigenvalue weighted by Crippen LogP contribution is 2.37. The van der Waals surface area contributed by atoms with Gasteiger partial charge in [-0.1, -0.05) is 24.3 Å². The summed E-state index contributed by atoms with van der Waals surface area (Å²) in [6.45, 7) is 1.51. The molecular formula is C32H23N5O7. The SMILES string of the molecule is COc1ccc(-c2nn(-c3ccccc3)cc2/C=C2/C(=O)N(Cc3ccc4c(c3)OCO4)C(=O)C(C#N)=C2C)cc1[N+](=O)[O-]. The van der Waals surface area contributed by atoms with Crippen molar-refractivity contribution in [3.8, 4) is 40.3 Å². The zero-order valence-corrected chi connectivity index (χ0v) is 23.5. The second kappa shape index (κ2) is 11.2. The second-order valence-electron chi connectivity index (χ2n) is 9.91. The van der Waals surface area contributed by atoms with Gasteiger partial charge in [-0.25, -0.2) is 4.68 Å². The molecule has 0 unspecified atom stereocenters. The van der Waals surface area contributed by atoms with Crippen molar-refractivity contribution in [1.29, 1.82) is 5.26 Å². The number of ether oxygens (including phenoxy) is 3. The van der Waals surface area contributed by atoms with Crippen LogP contribution in [0.25, 0.3) is 23.0 Å². The number of benzene rings is 3. The number of nitro benzene ring substituents is 1. The molecule has 2 aliphatic rings. The van der Waals surface area contributed by atoms with Crippen LogP contribution in [0.4, 0.5) is 5.69 Å². The molecule has 0 bridgehead atoms. The van der Waals surface area contributed by atoms with E-state index in [1.807, 2.05) is 36.4 Å². The summed E-state index contributed by atoms with van der Waals surface area (Å²) in [6.07, 6.45) is 3.23. The number of imide groups is 1. The van der Waals surface area contributed by atoms with Gasteiger partial charge in [-0.2, -0.15) is 10.4 Å². The molecule has 12 heteroatoms. The topological polar surface area (TPSA) is 150 Å². The van der Waals surface area contributed by atoms with E-state index in [0.29, 0.717) is 39.6 Å². The molecule has 3 aromatic carbocycles. The van der Waals surface area contributed by atoms with E-state index in [0.717, 1.165) is 4.90 Å². The summed E-state index contributed by atoms with van der Waals surface area (Å²) >= 11 is 0. The fourth-order valence-corrected chi connectivity index (χ4v) is 5.06.